The summed E-state index contributed by atoms with van der Waals surface area (Å²) in [4.78, 5) is 11.8. The highest BCUT2D eigenvalue weighted by atomic mass is 35.5. The van der Waals surface area contributed by atoms with Crippen LogP contribution >= 0.6 is 11.6 Å². The van der Waals surface area contributed by atoms with E-state index >= 15 is 0 Å². The normalized spacial score (nSPS) is 11.3. The average molecular weight is 281 g/mol. The number of rotatable bonds is 3. The second-order valence-corrected chi connectivity index (χ2v) is 3.92. The van der Waals surface area contributed by atoms with Crippen molar-refractivity contribution in [2.45, 2.75) is 0 Å². The van der Waals surface area contributed by atoms with Gasteiger partial charge in [0, 0.05) is 10.6 Å². The monoisotopic (exact) mass is 280 g/mol. The minimum Gasteiger partial charge on any atom is -0.409 e. The number of amides is 1. The molecule has 0 saturated heterocycles. The molecule has 1 aromatic heterocycles. The lowest BCUT2D eigenvalue weighted by Crippen LogP contribution is -2.19. The lowest BCUT2D eigenvalue weighted by atomic mass is 10.1. The fourth-order valence-electron chi connectivity index (χ4n) is 1.39. The molecule has 0 atom stereocenters. The van der Waals surface area contributed by atoms with E-state index in [1.807, 2.05) is 0 Å². The summed E-state index contributed by atoms with van der Waals surface area (Å²) in [6.45, 7) is 0. The first-order chi connectivity index (χ1) is 9.11. The number of carbonyl (C=O) groups excluding carboxylic acids is 1. The summed E-state index contributed by atoms with van der Waals surface area (Å²) in [7, 11) is 0. The zero-order valence-corrected chi connectivity index (χ0v) is 10.2. The summed E-state index contributed by atoms with van der Waals surface area (Å²) >= 11 is 5.84. The fourth-order valence-corrected chi connectivity index (χ4v) is 1.57. The van der Waals surface area contributed by atoms with E-state index in [-0.39, 0.29) is 11.5 Å². The minimum atomic E-state index is -0.497. The zero-order valence-electron chi connectivity index (χ0n) is 9.46. The van der Waals surface area contributed by atoms with Crippen molar-refractivity contribution in [1.82, 2.24) is 15.4 Å². The molecule has 0 radical (unpaired) electrons. The van der Waals surface area contributed by atoms with Gasteiger partial charge in [-0.3, -0.25) is 4.79 Å². The number of benzene rings is 1. The number of hydrogen-bond donors (Lipinski definition) is 4. The van der Waals surface area contributed by atoms with Crippen molar-refractivity contribution < 1.29 is 10.0 Å². The molecule has 98 valence electrons. The molecule has 0 bridgehead atoms. The molecule has 1 amide bonds. The number of amidine groups is 1. The van der Waals surface area contributed by atoms with E-state index in [1.165, 1.54) is 18.3 Å². The first kappa shape index (κ1) is 12.8. The molecule has 0 fully saturated rings. The molecule has 1 aromatic carbocycles. The molecule has 0 spiro atoms. The van der Waals surface area contributed by atoms with Gasteiger partial charge in [0.15, 0.2) is 11.5 Å². The summed E-state index contributed by atoms with van der Waals surface area (Å²) in [6, 6.07) is 4.56. The van der Waals surface area contributed by atoms with Crippen LogP contribution in [-0.4, -0.2) is 32.4 Å². The van der Waals surface area contributed by atoms with E-state index in [4.69, 9.17) is 22.5 Å². The molecule has 0 saturated carbocycles. The van der Waals surface area contributed by atoms with Gasteiger partial charge in [0.25, 0.3) is 5.91 Å². The summed E-state index contributed by atoms with van der Waals surface area (Å²) in [5.74, 6) is -0.643. The number of halogens is 1. The maximum atomic E-state index is 11.8. The first-order valence-corrected chi connectivity index (χ1v) is 5.44. The quantitative estimate of drug-likeness (QED) is 0.286. The Bertz CT molecular complexity index is 625. The summed E-state index contributed by atoms with van der Waals surface area (Å²) in [6.07, 6.45) is 1.27. The molecule has 1 heterocycles. The molecule has 5 N–H and O–H groups in total. The molecule has 2 rings (SSSR count). The molecule has 2 aromatic rings. The van der Waals surface area contributed by atoms with Gasteiger partial charge >= 0.3 is 0 Å². The first-order valence-electron chi connectivity index (χ1n) is 5.06. The molecule has 8 nitrogen and oxygen atoms in total. The van der Waals surface area contributed by atoms with Crippen LogP contribution < -0.4 is 11.1 Å². The predicted molar refractivity (Wildman–Crippen MR) is 68.3 cm³/mol. The van der Waals surface area contributed by atoms with E-state index in [0.717, 1.165) is 0 Å². The Hall–Kier alpha value is -2.61. The summed E-state index contributed by atoms with van der Waals surface area (Å²) in [5.41, 5.74) is 6.25. The van der Waals surface area contributed by atoms with Crippen LogP contribution in [-0.2, 0) is 0 Å². The van der Waals surface area contributed by atoms with Gasteiger partial charge in [-0.15, -0.1) is 0 Å². The van der Waals surface area contributed by atoms with E-state index in [0.29, 0.717) is 16.3 Å². The Morgan fingerprint density at radius 2 is 2.32 bits per heavy atom. The highest BCUT2D eigenvalue weighted by Crippen LogP contribution is 2.21. The highest BCUT2D eigenvalue weighted by molar-refractivity contribution is 6.31. The van der Waals surface area contributed by atoms with Crippen LogP contribution in [0.15, 0.2) is 29.6 Å². The Balaban J connectivity index is 2.33. The Morgan fingerprint density at radius 3 is 2.95 bits per heavy atom. The van der Waals surface area contributed by atoms with Crippen molar-refractivity contribution in [2.24, 2.45) is 10.9 Å². The van der Waals surface area contributed by atoms with Crippen molar-refractivity contribution in [3.63, 3.8) is 0 Å². The van der Waals surface area contributed by atoms with Crippen LogP contribution in [0.1, 0.15) is 16.1 Å². The number of aromatic nitrogens is 3. The Morgan fingerprint density at radius 1 is 1.53 bits per heavy atom. The van der Waals surface area contributed by atoms with Gasteiger partial charge in [-0.2, -0.15) is 15.4 Å². The fraction of sp³-hybridized carbons (Fsp3) is 0. The third-order valence-electron chi connectivity index (χ3n) is 2.26. The van der Waals surface area contributed by atoms with Crippen LogP contribution in [0.4, 0.5) is 5.69 Å². The maximum Gasteiger partial charge on any atom is 0.277 e. The van der Waals surface area contributed by atoms with E-state index in [9.17, 15) is 4.79 Å². The van der Waals surface area contributed by atoms with Crippen LogP contribution in [0.5, 0.6) is 0 Å². The van der Waals surface area contributed by atoms with E-state index in [2.05, 4.69) is 25.9 Å². The average Bonchev–Trinajstić information content (AvgIpc) is 2.92. The van der Waals surface area contributed by atoms with Crippen molar-refractivity contribution in [1.29, 1.82) is 0 Å². The molecular formula is C10H9ClN6O2. The number of nitrogens with one attached hydrogen (secondary N) is 2. The van der Waals surface area contributed by atoms with Crippen LogP contribution in [0, 0.1) is 0 Å². The summed E-state index contributed by atoms with van der Waals surface area (Å²) < 4.78 is 0. The molecule has 0 aliphatic carbocycles. The number of aromatic amines is 1. The molecule has 0 aliphatic rings. The highest BCUT2D eigenvalue weighted by Gasteiger charge is 2.14. The van der Waals surface area contributed by atoms with E-state index in [1.54, 1.807) is 6.07 Å². The van der Waals surface area contributed by atoms with Gasteiger partial charge in [-0.1, -0.05) is 16.8 Å². The van der Waals surface area contributed by atoms with Gasteiger partial charge in [0.05, 0.1) is 11.9 Å². The predicted octanol–water partition coefficient (Wildman–Crippen LogP) is 0.805. The lowest BCUT2D eigenvalue weighted by molar-refractivity contribution is 0.102. The standard InChI is InChI=1S/C10H9ClN6O2/c11-5-1-2-6(9(12)16-19)7(3-5)14-10(18)8-4-13-17-15-8/h1-4,19H,(H2,12,16)(H,14,18)(H,13,15,17). The number of nitrogens with two attached hydrogens (primary N) is 1. The SMILES string of the molecule is NC(=NO)c1ccc(Cl)cc1NC(=O)c1cn[nH]n1. The molecular weight excluding hydrogens is 272 g/mol. The van der Waals surface area contributed by atoms with Crippen LogP contribution in [0.3, 0.4) is 0 Å². The number of nitrogens with zero attached hydrogens (tertiary/aromatic N) is 3. The number of oxime groups is 1. The second-order valence-electron chi connectivity index (χ2n) is 3.48. The minimum absolute atomic E-state index is 0.102. The Kier molecular flexibility index (Phi) is 3.62. The van der Waals surface area contributed by atoms with Crippen LogP contribution in [0.2, 0.25) is 5.02 Å². The van der Waals surface area contributed by atoms with Crippen molar-refractivity contribution in [3.05, 3.63) is 40.7 Å². The lowest BCUT2D eigenvalue weighted by Gasteiger charge is -2.09. The smallest absolute Gasteiger partial charge is 0.277 e. The van der Waals surface area contributed by atoms with Gasteiger partial charge in [0.1, 0.15) is 0 Å². The van der Waals surface area contributed by atoms with Crippen molar-refractivity contribution >= 4 is 29.0 Å². The van der Waals surface area contributed by atoms with E-state index < -0.39 is 5.91 Å². The van der Waals surface area contributed by atoms with Gasteiger partial charge < -0.3 is 16.3 Å². The van der Waals surface area contributed by atoms with Gasteiger partial charge in [-0.25, -0.2) is 0 Å². The second kappa shape index (κ2) is 5.36. The zero-order chi connectivity index (χ0) is 13.8. The Labute approximate surface area is 112 Å². The number of H-pyrrole nitrogens is 1. The van der Waals surface area contributed by atoms with Crippen molar-refractivity contribution in [2.75, 3.05) is 5.32 Å². The summed E-state index contributed by atoms with van der Waals surface area (Å²) in [5, 5.41) is 24.0. The number of hydrogen-bond acceptors (Lipinski definition) is 5. The molecule has 0 aliphatic heterocycles. The third kappa shape index (κ3) is 2.80. The number of carbonyl (C=O) groups is 1. The van der Waals surface area contributed by atoms with Crippen LogP contribution in [0.25, 0.3) is 0 Å². The van der Waals surface area contributed by atoms with Crippen molar-refractivity contribution in [3.8, 4) is 0 Å². The molecule has 9 heteroatoms. The maximum absolute atomic E-state index is 11.8. The topological polar surface area (TPSA) is 129 Å². The molecule has 19 heavy (non-hydrogen) atoms. The van der Waals surface area contributed by atoms with Gasteiger partial charge in [-0.05, 0) is 18.2 Å². The largest absolute Gasteiger partial charge is 0.409 e. The van der Waals surface area contributed by atoms with Gasteiger partial charge in [0.2, 0.25) is 0 Å². The number of anilines is 1. The third-order valence-corrected chi connectivity index (χ3v) is 2.50. The molecule has 0 unspecified atom stereocenters.